The minimum atomic E-state index is -0.248. The van der Waals surface area contributed by atoms with Crippen molar-refractivity contribution in [3.8, 4) is 0 Å². The van der Waals surface area contributed by atoms with Gasteiger partial charge in [0.25, 0.3) is 0 Å². The van der Waals surface area contributed by atoms with Crippen molar-refractivity contribution < 1.29 is 14.3 Å². The molecule has 1 saturated heterocycles. The molecular weight excluding hydrogens is 371 g/mol. The van der Waals surface area contributed by atoms with Gasteiger partial charge < -0.3 is 10.4 Å². The van der Waals surface area contributed by atoms with Crippen LogP contribution in [-0.4, -0.2) is 51.9 Å². The molecule has 7 heteroatoms. The Morgan fingerprint density at radius 3 is 2.66 bits per heavy atom. The zero-order chi connectivity index (χ0) is 21.1. The lowest BCUT2D eigenvalue weighted by Gasteiger charge is -2.28. The number of aliphatic hydroxyl groups excluding tert-OH is 1. The van der Waals surface area contributed by atoms with Crippen molar-refractivity contribution >= 4 is 5.91 Å². The van der Waals surface area contributed by atoms with Gasteiger partial charge in [-0.3, -0.25) is 14.4 Å². The van der Waals surface area contributed by atoms with Crippen molar-refractivity contribution in [2.75, 3.05) is 20.2 Å². The van der Waals surface area contributed by atoms with Crippen LogP contribution in [0.25, 0.3) is 0 Å². The Morgan fingerprint density at radius 2 is 2.03 bits per heavy atom. The molecule has 0 unspecified atom stereocenters. The van der Waals surface area contributed by atoms with Gasteiger partial charge in [0.1, 0.15) is 5.82 Å². The highest BCUT2D eigenvalue weighted by atomic mass is 19.1. The van der Waals surface area contributed by atoms with E-state index < -0.39 is 0 Å². The van der Waals surface area contributed by atoms with E-state index in [1.165, 1.54) is 6.07 Å². The van der Waals surface area contributed by atoms with Gasteiger partial charge in [0.05, 0.1) is 12.3 Å². The standard InChI is InChI=1S/C22H31FN4O2/c1-14-18(15(2)27(4)25-14)9-10-21(29)24-12-16-11-17(13-28)26(3)22(16)19-7-5-6-8-20(19)23/h5-8,16-17,22,28H,9-13H2,1-4H3,(H,24,29)/t16-,17+,22-/m0/s1. The van der Waals surface area contributed by atoms with Crippen LogP contribution in [0.15, 0.2) is 24.3 Å². The highest BCUT2D eigenvalue weighted by molar-refractivity contribution is 5.76. The minimum absolute atomic E-state index is 0.0185. The summed E-state index contributed by atoms with van der Waals surface area (Å²) in [6, 6.07) is 6.55. The van der Waals surface area contributed by atoms with Gasteiger partial charge in [-0.15, -0.1) is 0 Å². The third-order valence-electron chi connectivity index (χ3n) is 6.29. The predicted molar refractivity (Wildman–Crippen MR) is 110 cm³/mol. The van der Waals surface area contributed by atoms with Crippen LogP contribution in [0.1, 0.15) is 41.4 Å². The van der Waals surface area contributed by atoms with Gasteiger partial charge in [0.15, 0.2) is 0 Å². The van der Waals surface area contributed by atoms with Crippen molar-refractivity contribution in [1.29, 1.82) is 0 Å². The van der Waals surface area contributed by atoms with E-state index in [1.807, 2.05) is 43.6 Å². The van der Waals surface area contributed by atoms with Crippen molar-refractivity contribution in [3.63, 3.8) is 0 Å². The number of carbonyl (C=O) groups excluding carboxylic acids is 1. The quantitative estimate of drug-likeness (QED) is 0.746. The fourth-order valence-corrected chi connectivity index (χ4v) is 4.54. The minimum Gasteiger partial charge on any atom is -0.395 e. The lowest BCUT2D eigenvalue weighted by Crippen LogP contribution is -2.34. The molecule has 0 saturated carbocycles. The van der Waals surface area contributed by atoms with Gasteiger partial charge in [-0.1, -0.05) is 18.2 Å². The van der Waals surface area contributed by atoms with E-state index in [9.17, 15) is 14.3 Å². The van der Waals surface area contributed by atoms with Crippen LogP contribution in [0.2, 0.25) is 0 Å². The second-order valence-corrected chi connectivity index (χ2v) is 8.04. The normalized spacial score (nSPS) is 22.2. The van der Waals surface area contributed by atoms with Gasteiger partial charge in [0.2, 0.25) is 5.91 Å². The van der Waals surface area contributed by atoms with Gasteiger partial charge in [-0.2, -0.15) is 5.10 Å². The number of likely N-dealkylation sites (N-methyl/N-ethyl adjacent to an activating group) is 1. The molecule has 3 rings (SSSR count). The number of aliphatic hydroxyl groups is 1. The average Bonchev–Trinajstić information content (AvgIpc) is 3.14. The van der Waals surface area contributed by atoms with Crippen LogP contribution >= 0.6 is 0 Å². The fourth-order valence-electron chi connectivity index (χ4n) is 4.54. The molecule has 0 radical (unpaired) electrons. The van der Waals surface area contributed by atoms with Gasteiger partial charge in [-0.05, 0) is 51.3 Å². The van der Waals surface area contributed by atoms with Crippen LogP contribution in [0, 0.1) is 25.6 Å². The number of nitrogens with one attached hydrogen (secondary N) is 1. The number of rotatable bonds is 7. The molecule has 0 aliphatic carbocycles. The molecule has 3 atom stereocenters. The number of amides is 1. The highest BCUT2D eigenvalue weighted by Crippen LogP contribution is 2.40. The number of aryl methyl sites for hydroxylation is 2. The summed E-state index contributed by atoms with van der Waals surface area (Å²) in [5, 5.41) is 17.1. The summed E-state index contributed by atoms with van der Waals surface area (Å²) < 4.78 is 16.3. The topological polar surface area (TPSA) is 70.4 Å². The number of hydrogen-bond donors (Lipinski definition) is 2. The Hall–Kier alpha value is -2.25. The summed E-state index contributed by atoms with van der Waals surface area (Å²) in [4.78, 5) is 14.5. The van der Waals surface area contributed by atoms with E-state index in [0.717, 1.165) is 17.0 Å². The zero-order valence-corrected chi connectivity index (χ0v) is 17.7. The summed E-state index contributed by atoms with van der Waals surface area (Å²) in [6.45, 7) is 4.45. The third kappa shape index (κ3) is 4.51. The van der Waals surface area contributed by atoms with Crippen LogP contribution in [0.5, 0.6) is 0 Å². The molecule has 0 spiro atoms. The van der Waals surface area contributed by atoms with E-state index in [0.29, 0.717) is 31.4 Å². The first-order chi connectivity index (χ1) is 13.8. The number of benzene rings is 1. The van der Waals surface area contributed by atoms with Crippen molar-refractivity contribution in [2.45, 2.75) is 45.2 Å². The maximum absolute atomic E-state index is 14.4. The molecule has 2 aromatic rings. The number of carbonyl (C=O) groups is 1. The first-order valence-electron chi connectivity index (χ1n) is 10.2. The third-order valence-corrected chi connectivity index (χ3v) is 6.29. The Balaban J connectivity index is 1.63. The second-order valence-electron chi connectivity index (χ2n) is 8.04. The average molecular weight is 403 g/mol. The first kappa shape index (κ1) is 21.5. The SMILES string of the molecule is Cc1nn(C)c(C)c1CCC(=O)NC[C@@H]1C[C@H](CO)N(C)[C@@H]1c1ccccc1F. The Bertz CT molecular complexity index is 866. The van der Waals surface area contributed by atoms with Gasteiger partial charge in [0, 0.05) is 43.4 Å². The van der Waals surface area contributed by atoms with Crippen molar-refractivity contribution in [1.82, 2.24) is 20.0 Å². The molecule has 2 N–H and O–H groups in total. The van der Waals surface area contributed by atoms with Crippen molar-refractivity contribution in [3.05, 3.63) is 52.6 Å². The Morgan fingerprint density at radius 1 is 1.31 bits per heavy atom. The van der Waals surface area contributed by atoms with Crippen LogP contribution in [0.4, 0.5) is 4.39 Å². The summed E-state index contributed by atoms with van der Waals surface area (Å²) in [5.74, 6) is -0.225. The number of halogens is 1. The Kier molecular flexibility index (Phi) is 6.70. The van der Waals surface area contributed by atoms with Crippen molar-refractivity contribution in [2.24, 2.45) is 13.0 Å². The maximum atomic E-state index is 14.4. The summed E-state index contributed by atoms with van der Waals surface area (Å²) in [5.41, 5.74) is 3.78. The lowest BCUT2D eigenvalue weighted by atomic mass is 9.92. The fraction of sp³-hybridized carbons (Fsp3) is 0.545. The summed E-state index contributed by atoms with van der Waals surface area (Å²) in [6.07, 6.45) is 1.76. The largest absolute Gasteiger partial charge is 0.395 e. The van der Waals surface area contributed by atoms with Crippen LogP contribution in [0.3, 0.4) is 0 Å². The monoisotopic (exact) mass is 402 g/mol. The maximum Gasteiger partial charge on any atom is 0.220 e. The molecule has 158 valence electrons. The predicted octanol–water partition coefficient (Wildman–Crippen LogP) is 2.28. The molecule has 2 heterocycles. The number of hydrogen-bond acceptors (Lipinski definition) is 4. The van der Waals surface area contributed by atoms with Crippen LogP contribution < -0.4 is 5.32 Å². The molecule has 1 aromatic carbocycles. The summed E-state index contributed by atoms with van der Waals surface area (Å²) in [7, 11) is 3.82. The van der Waals surface area contributed by atoms with E-state index >= 15 is 0 Å². The number of aromatic nitrogens is 2. The van der Waals surface area contributed by atoms with E-state index in [-0.39, 0.29) is 36.3 Å². The molecule has 1 aliphatic heterocycles. The molecular formula is C22H31FN4O2. The summed E-state index contributed by atoms with van der Waals surface area (Å²) >= 11 is 0. The zero-order valence-electron chi connectivity index (χ0n) is 17.7. The van der Waals surface area contributed by atoms with E-state index in [1.54, 1.807) is 12.1 Å². The number of likely N-dealkylation sites (tertiary alicyclic amines) is 1. The highest BCUT2D eigenvalue weighted by Gasteiger charge is 2.40. The second kappa shape index (κ2) is 9.05. The molecule has 1 aliphatic rings. The molecule has 29 heavy (non-hydrogen) atoms. The molecule has 1 aromatic heterocycles. The van der Waals surface area contributed by atoms with Gasteiger partial charge >= 0.3 is 0 Å². The van der Waals surface area contributed by atoms with E-state index in [4.69, 9.17) is 0 Å². The molecule has 1 fully saturated rings. The molecule has 6 nitrogen and oxygen atoms in total. The lowest BCUT2D eigenvalue weighted by molar-refractivity contribution is -0.121. The van der Waals surface area contributed by atoms with Crippen LogP contribution in [-0.2, 0) is 18.3 Å². The van der Waals surface area contributed by atoms with Gasteiger partial charge in [-0.25, -0.2) is 4.39 Å². The molecule has 1 amide bonds. The molecule has 0 bridgehead atoms. The smallest absolute Gasteiger partial charge is 0.220 e. The number of nitrogens with zero attached hydrogens (tertiary/aromatic N) is 3. The van der Waals surface area contributed by atoms with E-state index in [2.05, 4.69) is 10.4 Å². The first-order valence-corrected chi connectivity index (χ1v) is 10.2. The Labute approximate surface area is 171 Å².